The van der Waals surface area contributed by atoms with Crippen LogP contribution in [0, 0.1) is 5.92 Å². The van der Waals surface area contributed by atoms with Gasteiger partial charge in [0.05, 0.1) is 0 Å². The Morgan fingerprint density at radius 3 is 2.62 bits per heavy atom. The number of amides is 2. The summed E-state index contributed by atoms with van der Waals surface area (Å²) in [7, 11) is 1.99. The Morgan fingerprint density at radius 2 is 2.10 bits per heavy atom. The maximum absolute atomic E-state index is 12.0. The van der Waals surface area contributed by atoms with Gasteiger partial charge in [-0.05, 0) is 39.7 Å². The van der Waals surface area contributed by atoms with E-state index in [0.29, 0.717) is 31.3 Å². The number of carboxylic acid groups (broad SMARTS) is 1. The number of hydrogen-bond acceptors (Lipinski definition) is 3. The van der Waals surface area contributed by atoms with Gasteiger partial charge in [0.2, 0.25) is 0 Å². The molecular formula is C15H29N3O3. The maximum Gasteiger partial charge on any atom is 0.329 e. The molecule has 6 heteroatoms. The zero-order valence-corrected chi connectivity index (χ0v) is 13.6. The van der Waals surface area contributed by atoms with Gasteiger partial charge in [-0.25, -0.2) is 9.59 Å². The minimum absolute atomic E-state index is 0.322. The van der Waals surface area contributed by atoms with E-state index >= 15 is 0 Å². The summed E-state index contributed by atoms with van der Waals surface area (Å²) in [5.41, 5.74) is -1.11. The fraction of sp³-hybridized carbons (Fsp3) is 0.867. The van der Waals surface area contributed by atoms with Crippen LogP contribution < -0.4 is 10.6 Å². The van der Waals surface area contributed by atoms with Crippen molar-refractivity contribution in [3.8, 4) is 0 Å². The normalized spacial score (nSPS) is 25.9. The first-order valence-electron chi connectivity index (χ1n) is 7.76. The van der Waals surface area contributed by atoms with Crippen LogP contribution in [0.5, 0.6) is 0 Å². The molecule has 122 valence electrons. The number of hydrogen-bond donors (Lipinski definition) is 3. The Kier molecular flexibility index (Phi) is 6.45. The number of urea groups is 1. The summed E-state index contributed by atoms with van der Waals surface area (Å²) in [6, 6.07) is 0.0306. The average molecular weight is 299 g/mol. The van der Waals surface area contributed by atoms with Crippen LogP contribution in [0.3, 0.4) is 0 Å². The van der Waals surface area contributed by atoms with Gasteiger partial charge in [0.25, 0.3) is 0 Å². The van der Waals surface area contributed by atoms with Gasteiger partial charge >= 0.3 is 12.0 Å². The molecule has 3 N–H and O–H groups in total. The lowest BCUT2D eigenvalue weighted by Crippen LogP contribution is -2.59. The quantitative estimate of drug-likeness (QED) is 0.696. The van der Waals surface area contributed by atoms with Crippen molar-refractivity contribution in [3.63, 3.8) is 0 Å². The number of carbonyl (C=O) groups is 2. The molecule has 2 atom stereocenters. The van der Waals surface area contributed by atoms with E-state index in [-0.39, 0.29) is 6.03 Å². The second-order valence-corrected chi connectivity index (χ2v) is 6.54. The highest BCUT2D eigenvalue weighted by atomic mass is 16.4. The van der Waals surface area contributed by atoms with Crippen molar-refractivity contribution in [1.29, 1.82) is 0 Å². The van der Waals surface area contributed by atoms with Crippen LogP contribution in [0.4, 0.5) is 4.79 Å². The summed E-state index contributed by atoms with van der Waals surface area (Å²) >= 11 is 0. The molecule has 1 aliphatic carbocycles. The first kappa shape index (κ1) is 17.8. The lowest BCUT2D eigenvalue weighted by atomic mass is 9.76. The largest absolute Gasteiger partial charge is 0.480 e. The van der Waals surface area contributed by atoms with Gasteiger partial charge in [0.1, 0.15) is 5.54 Å². The standard InChI is InChI=1S/C15H29N3O3/c1-11(2)18(4)9-8-16-14(21)17-15(13(19)20)7-5-6-12(3)10-15/h11-12H,5-10H2,1-4H3,(H,19,20)(H2,16,17,21). The second kappa shape index (κ2) is 7.64. The Morgan fingerprint density at radius 1 is 1.43 bits per heavy atom. The van der Waals surface area contributed by atoms with Gasteiger partial charge in [-0.1, -0.05) is 19.8 Å². The molecule has 21 heavy (non-hydrogen) atoms. The molecular weight excluding hydrogens is 270 g/mol. The van der Waals surface area contributed by atoms with E-state index in [9.17, 15) is 14.7 Å². The lowest BCUT2D eigenvalue weighted by Gasteiger charge is -2.37. The van der Waals surface area contributed by atoms with E-state index < -0.39 is 11.5 Å². The third-order valence-electron chi connectivity index (χ3n) is 4.39. The summed E-state index contributed by atoms with van der Waals surface area (Å²) in [6.07, 6.45) is 2.87. The van der Waals surface area contributed by atoms with Gasteiger partial charge in [-0.15, -0.1) is 0 Å². The van der Waals surface area contributed by atoms with E-state index in [1.807, 2.05) is 14.0 Å². The van der Waals surface area contributed by atoms with Crippen molar-refractivity contribution in [2.45, 2.75) is 58.0 Å². The highest BCUT2D eigenvalue weighted by molar-refractivity contribution is 5.86. The Hall–Kier alpha value is -1.30. The summed E-state index contributed by atoms with van der Waals surface area (Å²) < 4.78 is 0. The van der Waals surface area contributed by atoms with Crippen molar-refractivity contribution >= 4 is 12.0 Å². The molecule has 0 spiro atoms. The smallest absolute Gasteiger partial charge is 0.329 e. The molecule has 0 heterocycles. The van der Waals surface area contributed by atoms with Crippen LogP contribution >= 0.6 is 0 Å². The number of carbonyl (C=O) groups excluding carboxylic acids is 1. The second-order valence-electron chi connectivity index (χ2n) is 6.54. The molecule has 0 radical (unpaired) electrons. The Bertz CT molecular complexity index is 373. The molecule has 0 aromatic heterocycles. The average Bonchev–Trinajstić information content (AvgIpc) is 2.38. The van der Waals surface area contributed by atoms with Gasteiger partial charge in [-0.3, -0.25) is 0 Å². The van der Waals surface area contributed by atoms with Crippen molar-refractivity contribution in [2.24, 2.45) is 5.92 Å². The molecule has 1 saturated carbocycles. The molecule has 1 fully saturated rings. The Balaban J connectivity index is 2.48. The first-order chi connectivity index (χ1) is 9.77. The van der Waals surface area contributed by atoms with Crippen molar-refractivity contribution in [1.82, 2.24) is 15.5 Å². The number of rotatable bonds is 6. The van der Waals surface area contributed by atoms with E-state index in [1.54, 1.807) is 0 Å². The first-order valence-corrected chi connectivity index (χ1v) is 7.76. The van der Waals surface area contributed by atoms with Crippen LogP contribution in [-0.2, 0) is 4.79 Å². The fourth-order valence-electron chi connectivity index (χ4n) is 2.78. The van der Waals surface area contributed by atoms with Gasteiger partial charge in [-0.2, -0.15) is 0 Å². The highest BCUT2D eigenvalue weighted by Gasteiger charge is 2.43. The fourth-order valence-corrected chi connectivity index (χ4v) is 2.78. The molecule has 0 aliphatic heterocycles. The maximum atomic E-state index is 12.0. The van der Waals surface area contributed by atoms with Crippen molar-refractivity contribution in [3.05, 3.63) is 0 Å². The predicted molar refractivity (Wildman–Crippen MR) is 82.3 cm³/mol. The van der Waals surface area contributed by atoms with Crippen molar-refractivity contribution in [2.75, 3.05) is 20.1 Å². The summed E-state index contributed by atoms with van der Waals surface area (Å²) in [6.45, 7) is 7.45. The molecule has 1 aliphatic rings. The minimum atomic E-state index is -1.11. The van der Waals surface area contributed by atoms with Gasteiger partial charge in [0.15, 0.2) is 0 Å². The third kappa shape index (κ3) is 5.19. The van der Waals surface area contributed by atoms with E-state index in [4.69, 9.17) is 0 Å². The lowest BCUT2D eigenvalue weighted by molar-refractivity contribution is -0.146. The number of nitrogens with one attached hydrogen (secondary N) is 2. The molecule has 0 aromatic rings. The number of likely N-dealkylation sites (N-methyl/N-ethyl adjacent to an activating group) is 1. The monoisotopic (exact) mass is 299 g/mol. The predicted octanol–water partition coefficient (Wildman–Crippen LogP) is 1.66. The molecule has 2 unspecified atom stereocenters. The van der Waals surface area contributed by atoms with Crippen LogP contribution in [-0.4, -0.2) is 53.7 Å². The molecule has 2 amide bonds. The zero-order valence-electron chi connectivity index (χ0n) is 13.6. The van der Waals surface area contributed by atoms with E-state index in [1.165, 1.54) is 0 Å². The van der Waals surface area contributed by atoms with E-state index in [2.05, 4.69) is 29.4 Å². The van der Waals surface area contributed by atoms with Crippen molar-refractivity contribution < 1.29 is 14.7 Å². The van der Waals surface area contributed by atoms with Crippen LogP contribution in [0.2, 0.25) is 0 Å². The van der Waals surface area contributed by atoms with Gasteiger partial charge in [0, 0.05) is 19.1 Å². The topological polar surface area (TPSA) is 81.7 Å². The molecule has 0 saturated heterocycles. The third-order valence-corrected chi connectivity index (χ3v) is 4.39. The molecule has 0 bridgehead atoms. The number of nitrogens with zero attached hydrogens (tertiary/aromatic N) is 1. The number of aliphatic carboxylic acids is 1. The van der Waals surface area contributed by atoms with E-state index in [0.717, 1.165) is 19.4 Å². The van der Waals surface area contributed by atoms with Crippen LogP contribution in [0.15, 0.2) is 0 Å². The summed E-state index contributed by atoms with van der Waals surface area (Å²) in [5, 5.41) is 14.9. The zero-order chi connectivity index (χ0) is 16.0. The molecule has 0 aromatic carbocycles. The Labute approximate surface area is 127 Å². The minimum Gasteiger partial charge on any atom is -0.480 e. The van der Waals surface area contributed by atoms with Crippen LogP contribution in [0.1, 0.15) is 46.5 Å². The number of carboxylic acids is 1. The SMILES string of the molecule is CC1CCCC(NC(=O)NCCN(C)C(C)C)(C(=O)O)C1. The molecule has 6 nitrogen and oxygen atoms in total. The van der Waals surface area contributed by atoms with Gasteiger partial charge < -0.3 is 20.6 Å². The summed E-state index contributed by atoms with van der Waals surface area (Å²) in [4.78, 5) is 25.7. The summed E-state index contributed by atoms with van der Waals surface area (Å²) in [5.74, 6) is -0.606. The van der Waals surface area contributed by atoms with Crippen LogP contribution in [0.25, 0.3) is 0 Å². The molecule has 1 rings (SSSR count). The highest BCUT2D eigenvalue weighted by Crippen LogP contribution is 2.32.